The zero-order chi connectivity index (χ0) is 10.9. The smallest absolute Gasteiger partial charge is 0.230 e. The van der Waals surface area contributed by atoms with Crippen LogP contribution < -0.4 is 5.73 Å². The Hall–Kier alpha value is -1.12. The molecule has 1 atom stereocenters. The van der Waals surface area contributed by atoms with E-state index in [1.54, 1.807) is 4.90 Å². The highest BCUT2D eigenvalue weighted by Gasteiger charge is 2.51. The summed E-state index contributed by atoms with van der Waals surface area (Å²) in [6.07, 6.45) is 1.30. The highest BCUT2D eigenvalue weighted by atomic mass is 16.5. The lowest BCUT2D eigenvalue weighted by molar-refractivity contribution is -0.142. The van der Waals surface area contributed by atoms with Crippen LogP contribution >= 0.6 is 0 Å². The highest BCUT2D eigenvalue weighted by Crippen LogP contribution is 2.46. The van der Waals surface area contributed by atoms with E-state index < -0.39 is 6.10 Å². The Morgan fingerprint density at radius 2 is 2.40 bits per heavy atom. The molecule has 2 fully saturated rings. The number of hydrogen-bond acceptors (Lipinski definition) is 4. The first-order valence-corrected chi connectivity index (χ1v) is 5.22. The molecule has 1 amide bonds. The third-order valence-electron chi connectivity index (χ3n) is 3.20. The SMILES string of the molecule is N#CC1CN(C(=O)C2(CN)CC2)CCO1. The molecule has 1 saturated carbocycles. The van der Waals surface area contributed by atoms with E-state index in [1.165, 1.54) is 0 Å². The molecule has 15 heavy (non-hydrogen) atoms. The minimum absolute atomic E-state index is 0.105. The zero-order valence-electron chi connectivity index (χ0n) is 8.61. The van der Waals surface area contributed by atoms with E-state index in [0.717, 1.165) is 12.8 Å². The highest BCUT2D eigenvalue weighted by molar-refractivity contribution is 5.85. The van der Waals surface area contributed by atoms with Gasteiger partial charge < -0.3 is 15.4 Å². The maximum absolute atomic E-state index is 12.1. The van der Waals surface area contributed by atoms with Crippen LogP contribution in [-0.2, 0) is 9.53 Å². The lowest BCUT2D eigenvalue weighted by atomic mass is 10.1. The molecule has 1 heterocycles. The van der Waals surface area contributed by atoms with Gasteiger partial charge in [0.15, 0.2) is 6.10 Å². The lowest BCUT2D eigenvalue weighted by Crippen LogP contribution is -2.49. The summed E-state index contributed by atoms with van der Waals surface area (Å²) in [6.45, 7) is 1.83. The molecule has 0 aromatic carbocycles. The van der Waals surface area contributed by atoms with Gasteiger partial charge in [-0.15, -0.1) is 0 Å². The van der Waals surface area contributed by atoms with Crippen LogP contribution in [0.15, 0.2) is 0 Å². The summed E-state index contributed by atoms with van der Waals surface area (Å²) in [4.78, 5) is 13.8. The molecule has 5 nitrogen and oxygen atoms in total. The van der Waals surface area contributed by atoms with Crippen molar-refractivity contribution >= 4 is 5.91 Å². The van der Waals surface area contributed by atoms with Gasteiger partial charge >= 0.3 is 0 Å². The molecular formula is C10H15N3O2. The number of morpholine rings is 1. The summed E-state index contributed by atoms with van der Waals surface area (Å²) in [6, 6.07) is 2.03. The van der Waals surface area contributed by atoms with Gasteiger partial charge in [0.2, 0.25) is 5.91 Å². The first kappa shape index (κ1) is 10.4. The van der Waals surface area contributed by atoms with E-state index in [2.05, 4.69) is 0 Å². The molecule has 0 aromatic heterocycles. The van der Waals surface area contributed by atoms with Crippen molar-refractivity contribution in [2.45, 2.75) is 18.9 Å². The van der Waals surface area contributed by atoms with Crippen LogP contribution in [-0.4, -0.2) is 43.2 Å². The number of nitrogens with two attached hydrogens (primary N) is 1. The third kappa shape index (κ3) is 1.83. The van der Waals surface area contributed by atoms with E-state index in [1.807, 2.05) is 6.07 Å². The predicted octanol–water partition coefficient (Wildman–Crippen LogP) is -0.524. The van der Waals surface area contributed by atoms with Crippen molar-refractivity contribution in [2.24, 2.45) is 11.1 Å². The average Bonchev–Trinajstić information content (AvgIpc) is 3.09. The molecule has 82 valence electrons. The van der Waals surface area contributed by atoms with Crippen molar-refractivity contribution < 1.29 is 9.53 Å². The number of carbonyl (C=O) groups is 1. The Bertz CT molecular complexity index is 306. The Labute approximate surface area is 88.8 Å². The molecule has 0 radical (unpaired) electrons. The first-order valence-electron chi connectivity index (χ1n) is 5.22. The fourth-order valence-electron chi connectivity index (χ4n) is 1.90. The van der Waals surface area contributed by atoms with Crippen molar-refractivity contribution in [1.82, 2.24) is 4.90 Å². The average molecular weight is 209 g/mol. The fourth-order valence-corrected chi connectivity index (χ4v) is 1.90. The number of carbonyl (C=O) groups excluding carboxylic acids is 1. The number of hydrogen-bond donors (Lipinski definition) is 1. The molecule has 1 saturated heterocycles. The summed E-state index contributed by atoms with van der Waals surface area (Å²) < 4.78 is 5.19. The number of rotatable bonds is 2. The van der Waals surface area contributed by atoms with Gasteiger partial charge in [0.25, 0.3) is 0 Å². The van der Waals surface area contributed by atoms with E-state index >= 15 is 0 Å². The van der Waals surface area contributed by atoms with Gasteiger partial charge in [-0.3, -0.25) is 4.79 Å². The van der Waals surface area contributed by atoms with Crippen LogP contribution in [0.2, 0.25) is 0 Å². The number of nitrogens with zero attached hydrogens (tertiary/aromatic N) is 2. The van der Waals surface area contributed by atoms with Crippen molar-refractivity contribution in [1.29, 1.82) is 5.26 Å². The summed E-state index contributed by atoms with van der Waals surface area (Å²) in [5, 5.41) is 8.73. The van der Waals surface area contributed by atoms with Crippen LogP contribution in [0.25, 0.3) is 0 Å². The fraction of sp³-hybridized carbons (Fsp3) is 0.800. The Morgan fingerprint density at radius 1 is 1.67 bits per heavy atom. The molecule has 5 heteroatoms. The zero-order valence-corrected chi connectivity index (χ0v) is 8.61. The minimum atomic E-state index is -0.476. The molecule has 0 bridgehead atoms. The van der Waals surface area contributed by atoms with Gasteiger partial charge in [-0.05, 0) is 12.8 Å². The van der Waals surface area contributed by atoms with Gasteiger partial charge in [0.05, 0.1) is 24.6 Å². The molecule has 0 spiro atoms. The maximum atomic E-state index is 12.1. The van der Waals surface area contributed by atoms with Crippen molar-refractivity contribution in [2.75, 3.05) is 26.2 Å². The van der Waals surface area contributed by atoms with Gasteiger partial charge in [-0.25, -0.2) is 0 Å². The van der Waals surface area contributed by atoms with E-state index in [-0.39, 0.29) is 11.3 Å². The molecule has 1 unspecified atom stereocenters. The Kier molecular flexibility index (Phi) is 2.63. The summed E-state index contributed by atoms with van der Waals surface area (Å²) in [7, 11) is 0. The first-order chi connectivity index (χ1) is 7.22. The standard InChI is InChI=1S/C10H15N3O2/c11-5-8-6-13(3-4-15-8)9(14)10(7-12)1-2-10/h8H,1-4,6-7,12H2. The van der Waals surface area contributed by atoms with Gasteiger partial charge in [-0.2, -0.15) is 5.26 Å². The minimum Gasteiger partial charge on any atom is -0.360 e. The molecular weight excluding hydrogens is 194 g/mol. The largest absolute Gasteiger partial charge is 0.360 e. The van der Waals surface area contributed by atoms with Crippen LogP contribution in [0.1, 0.15) is 12.8 Å². The quantitative estimate of drug-likeness (QED) is 0.663. The van der Waals surface area contributed by atoms with Gasteiger partial charge in [-0.1, -0.05) is 0 Å². The second kappa shape index (κ2) is 3.80. The number of nitriles is 1. The monoisotopic (exact) mass is 209 g/mol. The van der Waals surface area contributed by atoms with Crippen LogP contribution in [0.5, 0.6) is 0 Å². The number of amides is 1. The molecule has 1 aliphatic heterocycles. The van der Waals surface area contributed by atoms with E-state index in [0.29, 0.717) is 26.2 Å². The summed E-state index contributed by atoms with van der Waals surface area (Å²) in [5.74, 6) is 0.105. The second-order valence-corrected chi connectivity index (χ2v) is 4.22. The van der Waals surface area contributed by atoms with Crippen LogP contribution in [0.4, 0.5) is 0 Å². The van der Waals surface area contributed by atoms with Crippen LogP contribution in [0.3, 0.4) is 0 Å². The van der Waals surface area contributed by atoms with E-state index in [4.69, 9.17) is 15.7 Å². The Morgan fingerprint density at radius 3 is 2.93 bits per heavy atom. The van der Waals surface area contributed by atoms with E-state index in [9.17, 15) is 4.79 Å². The topological polar surface area (TPSA) is 79.4 Å². The van der Waals surface area contributed by atoms with Crippen molar-refractivity contribution in [3.63, 3.8) is 0 Å². The Balaban J connectivity index is 1.99. The lowest BCUT2D eigenvalue weighted by Gasteiger charge is -2.32. The van der Waals surface area contributed by atoms with Crippen molar-refractivity contribution in [3.8, 4) is 6.07 Å². The van der Waals surface area contributed by atoms with Crippen molar-refractivity contribution in [3.05, 3.63) is 0 Å². The molecule has 1 aliphatic carbocycles. The summed E-state index contributed by atoms with van der Waals surface area (Å²) >= 11 is 0. The normalized spacial score (nSPS) is 28.3. The number of ether oxygens (including phenoxy) is 1. The third-order valence-corrected chi connectivity index (χ3v) is 3.20. The maximum Gasteiger partial charge on any atom is 0.230 e. The summed E-state index contributed by atoms with van der Waals surface area (Å²) in [5.41, 5.74) is 5.29. The molecule has 2 rings (SSSR count). The molecule has 0 aromatic rings. The molecule has 2 aliphatic rings. The second-order valence-electron chi connectivity index (χ2n) is 4.22. The predicted molar refractivity (Wildman–Crippen MR) is 52.7 cm³/mol. The molecule has 2 N–H and O–H groups in total. The van der Waals surface area contributed by atoms with Crippen LogP contribution in [0, 0.1) is 16.7 Å². The van der Waals surface area contributed by atoms with Gasteiger partial charge in [0, 0.05) is 13.1 Å². The van der Waals surface area contributed by atoms with Gasteiger partial charge in [0.1, 0.15) is 0 Å².